The lowest BCUT2D eigenvalue weighted by molar-refractivity contribution is -0.120. The van der Waals surface area contributed by atoms with Gasteiger partial charge in [-0.05, 0) is 31.0 Å². The van der Waals surface area contributed by atoms with E-state index in [4.69, 9.17) is 17.3 Å². The minimum Gasteiger partial charge on any atom is -0.327 e. The maximum absolute atomic E-state index is 13.6. The Hall–Kier alpha value is -1.13. The molecule has 19 heavy (non-hydrogen) atoms. The molecule has 3 N–H and O–H groups in total. The normalized spacial score (nSPS) is 23.7. The number of amides is 1. The molecule has 0 spiro atoms. The van der Waals surface area contributed by atoms with E-state index in [0.29, 0.717) is 5.02 Å². The van der Waals surface area contributed by atoms with Crippen LogP contribution in [0.15, 0.2) is 18.2 Å². The molecule has 1 fully saturated rings. The number of hydrogen-bond acceptors (Lipinski definition) is 2. The van der Waals surface area contributed by atoms with E-state index in [0.717, 1.165) is 32.1 Å². The number of carbonyl (C=O) groups is 1. The van der Waals surface area contributed by atoms with E-state index in [9.17, 15) is 9.18 Å². The molecule has 2 atom stereocenters. The summed E-state index contributed by atoms with van der Waals surface area (Å²) < 4.78 is 13.6. The molecule has 0 radical (unpaired) electrons. The molecular weight excluding hydrogens is 267 g/mol. The quantitative estimate of drug-likeness (QED) is 0.819. The van der Waals surface area contributed by atoms with Gasteiger partial charge in [0.1, 0.15) is 5.82 Å². The first-order chi connectivity index (χ1) is 9.08. The highest BCUT2D eigenvalue weighted by Gasteiger charge is 2.27. The lowest BCUT2D eigenvalue weighted by Gasteiger charge is -2.20. The lowest BCUT2D eigenvalue weighted by atomic mass is 9.94. The van der Waals surface area contributed by atoms with Crippen LogP contribution in [0.3, 0.4) is 0 Å². The Labute approximate surface area is 117 Å². The monoisotopic (exact) mass is 284 g/mol. The van der Waals surface area contributed by atoms with Crippen molar-refractivity contribution in [3.05, 3.63) is 29.0 Å². The zero-order valence-electron chi connectivity index (χ0n) is 10.7. The molecule has 0 bridgehead atoms. The highest BCUT2D eigenvalue weighted by molar-refractivity contribution is 6.30. The topological polar surface area (TPSA) is 55.1 Å². The van der Waals surface area contributed by atoms with Crippen LogP contribution in [0.4, 0.5) is 10.1 Å². The third kappa shape index (κ3) is 3.67. The number of hydrogen-bond donors (Lipinski definition) is 2. The molecular formula is C14H18ClFN2O. The molecule has 2 rings (SSSR count). The zero-order valence-corrected chi connectivity index (χ0v) is 11.4. The number of benzene rings is 1. The van der Waals surface area contributed by atoms with Crippen LogP contribution in [-0.4, -0.2) is 11.9 Å². The molecule has 1 saturated carbocycles. The van der Waals surface area contributed by atoms with Crippen molar-refractivity contribution < 1.29 is 9.18 Å². The smallest absolute Gasteiger partial charge is 0.229 e. The number of nitrogens with two attached hydrogens (primary N) is 1. The van der Waals surface area contributed by atoms with E-state index in [1.807, 2.05) is 0 Å². The maximum Gasteiger partial charge on any atom is 0.229 e. The number of rotatable bonds is 2. The minimum atomic E-state index is -0.486. The van der Waals surface area contributed by atoms with Crippen LogP contribution in [0, 0.1) is 11.7 Å². The Balaban J connectivity index is 2.09. The maximum atomic E-state index is 13.6. The van der Waals surface area contributed by atoms with Gasteiger partial charge in [0.25, 0.3) is 0 Å². The van der Waals surface area contributed by atoms with Crippen LogP contribution in [-0.2, 0) is 4.79 Å². The van der Waals surface area contributed by atoms with E-state index in [2.05, 4.69) is 5.32 Å². The van der Waals surface area contributed by atoms with Crippen LogP contribution in [0.5, 0.6) is 0 Å². The first-order valence-electron chi connectivity index (χ1n) is 6.59. The predicted molar refractivity (Wildman–Crippen MR) is 74.6 cm³/mol. The van der Waals surface area contributed by atoms with Crippen molar-refractivity contribution in [2.24, 2.45) is 11.7 Å². The van der Waals surface area contributed by atoms with Gasteiger partial charge in [-0.15, -0.1) is 0 Å². The van der Waals surface area contributed by atoms with Gasteiger partial charge in [-0.25, -0.2) is 4.39 Å². The second-order valence-electron chi connectivity index (χ2n) is 5.02. The van der Waals surface area contributed by atoms with Gasteiger partial charge < -0.3 is 11.1 Å². The molecule has 0 aromatic heterocycles. The molecule has 5 heteroatoms. The number of anilines is 1. The average Bonchev–Trinajstić information content (AvgIpc) is 2.58. The molecule has 1 amide bonds. The fourth-order valence-corrected chi connectivity index (χ4v) is 2.65. The second kappa shape index (κ2) is 6.35. The van der Waals surface area contributed by atoms with Crippen LogP contribution in [0.2, 0.25) is 5.02 Å². The third-order valence-corrected chi connectivity index (χ3v) is 3.83. The fraction of sp³-hybridized carbons (Fsp3) is 0.500. The van der Waals surface area contributed by atoms with Crippen molar-refractivity contribution in [2.45, 2.75) is 38.1 Å². The van der Waals surface area contributed by atoms with E-state index < -0.39 is 5.82 Å². The van der Waals surface area contributed by atoms with Crippen molar-refractivity contribution >= 4 is 23.2 Å². The van der Waals surface area contributed by atoms with Crippen LogP contribution in [0.25, 0.3) is 0 Å². The largest absolute Gasteiger partial charge is 0.327 e. The highest BCUT2D eigenvalue weighted by Crippen LogP contribution is 2.25. The van der Waals surface area contributed by atoms with E-state index >= 15 is 0 Å². The number of halogens is 2. The Kier molecular flexibility index (Phi) is 4.77. The molecule has 1 aromatic carbocycles. The van der Waals surface area contributed by atoms with Crippen molar-refractivity contribution in [2.75, 3.05) is 5.32 Å². The van der Waals surface area contributed by atoms with E-state index in [-0.39, 0.29) is 23.6 Å². The average molecular weight is 285 g/mol. The van der Waals surface area contributed by atoms with Crippen LogP contribution >= 0.6 is 11.6 Å². The van der Waals surface area contributed by atoms with Crippen molar-refractivity contribution in [1.82, 2.24) is 0 Å². The van der Waals surface area contributed by atoms with Crippen molar-refractivity contribution in [3.8, 4) is 0 Å². The van der Waals surface area contributed by atoms with Crippen LogP contribution < -0.4 is 11.1 Å². The summed E-state index contributed by atoms with van der Waals surface area (Å²) in [6.45, 7) is 0. The van der Waals surface area contributed by atoms with Crippen LogP contribution in [0.1, 0.15) is 32.1 Å². The highest BCUT2D eigenvalue weighted by atomic mass is 35.5. The first kappa shape index (κ1) is 14.3. The summed E-state index contributed by atoms with van der Waals surface area (Å²) in [5.41, 5.74) is 6.14. The van der Waals surface area contributed by atoms with Gasteiger partial charge in [-0.1, -0.05) is 30.9 Å². The first-order valence-corrected chi connectivity index (χ1v) is 6.97. The fourth-order valence-electron chi connectivity index (χ4n) is 2.48. The molecule has 1 aliphatic carbocycles. The van der Waals surface area contributed by atoms with Gasteiger partial charge in [0.2, 0.25) is 5.91 Å². The Bertz CT molecular complexity index is 467. The summed E-state index contributed by atoms with van der Waals surface area (Å²) in [7, 11) is 0. The van der Waals surface area contributed by atoms with E-state index in [1.54, 1.807) is 0 Å². The molecule has 0 aliphatic heterocycles. The summed E-state index contributed by atoms with van der Waals surface area (Å²) in [6, 6.07) is 3.95. The van der Waals surface area contributed by atoms with Gasteiger partial charge in [-0.3, -0.25) is 4.79 Å². The molecule has 3 nitrogen and oxygen atoms in total. The summed E-state index contributed by atoms with van der Waals surface area (Å²) in [5, 5.41) is 2.99. The third-order valence-electron chi connectivity index (χ3n) is 3.59. The number of carbonyl (C=O) groups excluding carboxylic acids is 1. The van der Waals surface area contributed by atoms with Gasteiger partial charge in [0, 0.05) is 11.1 Å². The lowest BCUT2D eigenvalue weighted by Crippen LogP contribution is -2.37. The van der Waals surface area contributed by atoms with Crippen molar-refractivity contribution in [3.63, 3.8) is 0 Å². The molecule has 104 valence electrons. The molecule has 1 aliphatic rings. The molecule has 0 heterocycles. The SMILES string of the molecule is NC1CCCCCC1C(=O)Nc1cc(Cl)ccc1F. The summed E-state index contributed by atoms with van der Waals surface area (Å²) in [5.74, 6) is -0.948. The van der Waals surface area contributed by atoms with Gasteiger partial charge in [-0.2, -0.15) is 0 Å². The predicted octanol–water partition coefficient (Wildman–Crippen LogP) is 3.33. The van der Waals surface area contributed by atoms with Gasteiger partial charge >= 0.3 is 0 Å². The summed E-state index contributed by atoms with van der Waals surface area (Å²) in [6.07, 6.45) is 4.74. The van der Waals surface area contributed by atoms with Crippen molar-refractivity contribution in [1.29, 1.82) is 0 Å². The Morgan fingerprint density at radius 2 is 2.05 bits per heavy atom. The summed E-state index contributed by atoms with van der Waals surface area (Å²) in [4.78, 5) is 12.2. The Morgan fingerprint density at radius 1 is 1.32 bits per heavy atom. The van der Waals surface area contributed by atoms with Gasteiger partial charge in [0.05, 0.1) is 11.6 Å². The molecule has 2 unspecified atom stereocenters. The Morgan fingerprint density at radius 3 is 2.84 bits per heavy atom. The minimum absolute atomic E-state index is 0.119. The standard InChI is InChI=1S/C14H18ClFN2O/c15-9-6-7-11(16)13(8-9)18-14(19)10-4-2-1-3-5-12(10)17/h6-8,10,12H,1-5,17H2,(H,18,19). The second-order valence-corrected chi connectivity index (χ2v) is 5.46. The van der Waals surface area contributed by atoms with E-state index in [1.165, 1.54) is 18.2 Å². The molecule has 0 saturated heterocycles. The molecule has 1 aromatic rings. The number of nitrogens with one attached hydrogen (secondary N) is 1. The zero-order chi connectivity index (χ0) is 13.8. The summed E-state index contributed by atoms with van der Waals surface area (Å²) >= 11 is 5.80. The van der Waals surface area contributed by atoms with Gasteiger partial charge in [0.15, 0.2) is 0 Å².